The van der Waals surface area contributed by atoms with Crippen molar-refractivity contribution in [1.29, 1.82) is 0 Å². The number of hydrogen-bond acceptors (Lipinski definition) is 4. The van der Waals surface area contributed by atoms with Crippen molar-refractivity contribution in [2.24, 2.45) is 0 Å². The number of benzene rings is 1. The summed E-state index contributed by atoms with van der Waals surface area (Å²) < 4.78 is 0. The molecule has 1 aromatic carbocycles. The summed E-state index contributed by atoms with van der Waals surface area (Å²) in [6.07, 6.45) is 2.43. The number of carbonyl (C=O) groups is 1. The summed E-state index contributed by atoms with van der Waals surface area (Å²) in [6.45, 7) is 4.58. The van der Waals surface area contributed by atoms with Crippen molar-refractivity contribution in [2.45, 2.75) is 38.9 Å². The molecule has 0 aliphatic carbocycles. The van der Waals surface area contributed by atoms with Crippen LogP contribution < -0.4 is 10.6 Å². The third-order valence-corrected chi connectivity index (χ3v) is 3.81. The van der Waals surface area contributed by atoms with E-state index >= 15 is 0 Å². The predicted molar refractivity (Wildman–Crippen MR) is 86.2 cm³/mol. The van der Waals surface area contributed by atoms with Gasteiger partial charge in [0.25, 0.3) is 0 Å². The van der Waals surface area contributed by atoms with E-state index in [2.05, 4.69) is 15.6 Å². The first-order valence-electron chi connectivity index (χ1n) is 7.11. The lowest BCUT2D eigenvalue weighted by Crippen LogP contribution is -2.47. The van der Waals surface area contributed by atoms with Crippen LogP contribution in [0.5, 0.6) is 0 Å². The van der Waals surface area contributed by atoms with Crippen LogP contribution in [0.1, 0.15) is 24.4 Å². The molecule has 0 aliphatic rings. The summed E-state index contributed by atoms with van der Waals surface area (Å²) in [5.41, 5.74) is 1.15. The second-order valence-corrected chi connectivity index (χ2v) is 6.19. The average Bonchev–Trinajstić information content (AvgIpc) is 2.98. The van der Waals surface area contributed by atoms with Gasteiger partial charge in [0, 0.05) is 17.6 Å². The van der Waals surface area contributed by atoms with Crippen molar-refractivity contribution >= 4 is 17.2 Å². The van der Waals surface area contributed by atoms with Gasteiger partial charge >= 0.3 is 0 Å². The van der Waals surface area contributed by atoms with Gasteiger partial charge in [-0.1, -0.05) is 44.2 Å². The molecular formula is C16H21N3OS. The standard InChI is InChI=1S/C16H21N3OS/c1-12(2)19-14(10-13-6-4-3-5-7-13)16(20)18-11-15-17-8-9-21-15/h3-9,12,14,19H,10-11H2,1-2H3,(H,18,20)/t14-/m0/s1. The maximum atomic E-state index is 12.4. The Labute approximate surface area is 129 Å². The fourth-order valence-electron chi connectivity index (χ4n) is 2.11. The van der Waals surface area contributed by atoms with Gasteiger partial charge in [0.05, 0.1) is 12.6 Å². The van der Waals surface area contributed by atoms with Crippen LogP contribution in [-0.4, -0.2) is 23.0 Å². The molecule has 2 rings (SSSR count). The number of aromatic nitrogens is 1. The van der Waals surface area contributed by atoms with Crippen molar-refractivity contribution in [3.8, 4) is 0 Å². The first kappa shape index (κ1) is 15.7. The molecule has 1 atom stereocenters. The molecule has 112 valence electrons. The van der Waals surface area contributed by atoms with Crippen LogP contribution in [0, 0.1) is 0 Å². The van der Waals surface area contributed by atoms with Crippen molar-refractivity contribution in [2.75, 3.05) is 0 Å². The summed E-state index contributed by atoms with van der Waals surface area (Å²) >= 11 is 1.55. The molecule has 4 nitrogen and oxygen atoms in total. The van der Waals surface area contributed by atoms with E-state index in [1.807, 2.05) is 49.6 Å². The van der Waals surface area contributed by atoms with E-state index in [-0.39, 0.29) is 18.0 Å². The molecule has 0 fully saturated rings. The number of thiazole rings is 1. The molecule has 21 heavy (non-hydrogen) atoms. The zero-order valence-electron chi connectivity index (χ0n) is 12.4. The Hall–Kier alpha value is -1.72. The topological polar surface area (TPSA) is 54.0 Å². The molecule has 0 saturated carbocycles. The number of nitrogens with one attached hydrogen (secondary N) is 2. The summed E-state index contributed by atoms with van der Waals surface area (Å²) in [6, 6.07) is 10.1. The maximum absolute atomic E-state index is 12.4. The van der Waals surface area contributed by atoms with Crippen molar-refractivity contribution in [3.05, 3.63) is 52.5 Å². The predicted octanol–water partition coefficient (Wildman–Crippen LogP) is 2.37. The molecule has 0 bridgehead atoms. The van der Waals surface area contributed by atoms with Gasteiger partial charge in [-0.15, -0.1) is 11.3 Å². The third kappa shape index (κ3) is 5.28. The van der Waals surface area contributed by atoms with Gasteiger partial charge in [-0.2, -0.15) is 0 Å². The van der Waals surface area contributed by atoms with E-state index in [9.17, 15) is 4.79 Å². The van der Waals surface area contributed by atoms with Gasteiger partial charge in [0.15, 0.2) is 0 Å². The van der Waals surface area contributed by atoms with Gasteiger partial charge in [-0.3, -0.25) is 4.79 Å². The second-order valence-electron chi connectivity index (χ2n) is 5.21. The molecular weight excluding hydrogens is 282 g/mol. The summed E-state index contributed by atoms with van der Waals surface area (Å²) in [5.74, 6) is 0.0164. The van der Waals surface area contributed by atoms with E-state index in [0.29, 0.717) is 13.0 Å². The van der Waals surface area contributed by atoms with Gasteiger partial charge in [0.1, 0.15) is 5.01 Å². The molecule has 1 heterocycles. The Bertz CT molecular complexity index is 540. The first-order chi connectivity index (χ1) is 10.1. The lowest BCUT2D eigenvalue weighted by molar-refractivity contribution is -0.123. The number of carbonyl (C=O) groups excluding carboxylic acids is 1. The zero-order valence-corrected chi connectivity index (χ0v) is 13.2. The molecule has 2 aromatic rings. The fraction of sp³-hybridized carbons (Fsp3) is 0.375. The molecule has 0 spiro atoms. The molecule has 0 radical (unpaired) electrons. The van der Waals surface area contributed by atoms with E-state index in [4.69, 9.17) is 0 Å². The molecule has 0 unspecified atom stereocenters. The van der Waals surface area contributed by atoms with Crippen LogP contribution in [-0.2, 0) is 17.8 Å². The smallest absolute Gasteiger partial charge is 0.237 e. The van der Waals surface area contributed by atoms with Gasteiger partial charge in [-0.05, 0) is 12.0 Å². The Morgan fingerprint density at radius 1 is 1.29 bits per heavy atom. The zero-order chi connectivity index (χ0) is 15.1. The Balaban J connectivity index is 1.95. The van der Waals surface area contributed by atoms with Gasteiger partial charge < -0.3 is 10.6 Å². The maximum Gasteiger partial charge on any atom is 0.237 e. The molecule has 0 saturated heterocycles. The largest absolute Gasteiger partial charge is 0.348 e. The van der Waals surface area contributed by atoms with E-state index in [1.165, 1.54) is 0 Å². The van der Waals surface area contributed by atoms with Crippen molar-refractivity contribution in [3.63, 3.8) is 0 Å². The molecule has 1 aromatic heterocycles. The molecule has 0 aliphatic heterocycles. The summed E-state index contributed by atoms with van der Waals surface area (Å²) in [5, 5.41) is 9.12. The van der Waals surface area contributed by atoms with Crippen molar-refractivity contribution in [1.82, 2.24) is 15.6 Å². The Kier molecular flexibility index (Phi) is 5.90. The minimum absolute atomic E-state index is 0.0164. The van der Waals surface area contributed by atoms with E-state index < -0.39 is 0 Å². The highest BCUT2D eigenvalue weighted by Gasteiger charge is 2.19. The molecule has 5 heteroatoms. The Morgan fingerprint density at radius 3 is 2.67 bits per heavy atom. The highest BCUT2D eigenvalue weighted by atomic mass is 32.1. The minimum Gasteiger partial charge on any atom is -0.348 e. The molecule has 2 N–H and O–H groups in total. The fourth-order valence-corrected chi connectivity index (χ4v) is 2.66. The van der Waals surface area contributed by atoms with Gasteiger partial charge in [-0.25, -0.2) is 4.98 Å². The number of rotatable bonds is 7. The number of hydrogen-bond donors (Lipinski definition) is 2. The number of nitrogens with zero attached hydrogens (tertiary/aromatic N) is 1. The average molecular weight is 303 g/mol. The SMILES string of the molecule is CC(C)N[C@@H](Cc1ccccc1)C(=O)NCc1nccs1. The van der Waals surface area contributed by atoms with Gasteiger partial charge in [0.2, 0.25) is 5.91 Å². The van der Waals surface area contributed by atoms with Crippen LogP contribution in [0.15, 0.2) is 41.9 Å². The molecule has 1 amide bonds. The van der Waals surface area contributed by atoms with Crippen LogP contribution >= 0.6 is 11.3 Å². The summed E-state index contributed by atoms with van der Waals surface area (Å²) in [4.78, 5) is 16.6. The van der Waals surface area contributed by atoms with Crippen LogP contribution in [0.4, 0.5) is 0 Å². The third-order valence-electron chi connectivity index (χ3n) is 3.03. The highest BCUT2D eigenvalue weighted by molar-refractivity contribution is 7.09. The highest BCUT2D eigenvalue weighted by Crippen LogP contribution is 2.06. The minimum atomic E-state index is -0.229. The number of amides is 1. The summed E-state index contributed by atoms with van der Waals surface area (Å²) in [7, 11) is 0. The van der Waals surface area contributed by atoms with Crippen molar-refractivity contribution < 1.29 is 4.79 Å². The quantitative estimate of drug-likeness (QED) is 0.825. The monoisotopic (exact) mass is 303 g/mol. The van der Waals surface area contributed by atoms with Crippen LogP contribution in [0.2, 0.25) is 0 Å². The first-order valence-corrected chi connectivity index (χ1v) is 7.99. The van der Waals surface area contributed by atoms with Crippen LogP contribution in [0.3, 0.4) is 0 Å². The van der Waals surface area contributed by atoms with Crippen LogP contribution in [0.25, 0.3) is 0 Å². The lowest BCUT2D eigenvalue weighted by atomic mass is 10.0. The van der Waals surface area contributed by atoms with E-state index in [0.717, 1.165) is 10.6 Å². The second kappa shape index (κ2) is 7.90. The Morgan fingerprint density at radius 2 is 2.05 bits per heavy atom. The van der Waals surface area contributed by atoms with E-state index in [1.54, 1.807) is 17.5 Å². The normalized spacial score (nSPS) is 12.3. The lowest BCUT2D eigenvalue weighted by Gasteiger charge is -2.20.